The molecular formula is C12H18F3N3O3. The second-order valence-corrected chi connectivity index (χ2v) is 5.23. The molecule has 1 aliphatic heterocycles. The highest BCUT2D eigenvalue weighted by atomic mass is 19.4. The van der Waals surface area contributed by atoms with Crippen LogP contribution in [0.2, 0.25) is 0 Å². The van der Waals surface area contributed by atoms with Gasteiger partial charge >= 0.3 is 24.0 Å². The van der Waals surface area contributed by atoms with Gasteiger partial charge in [0.1, 0.15) is 0 Å². The van der Waals surface area contributed by atoms with Gasteiger partial charge in [-0.05, 0) is 12.5 Å². The van der Waals surface area contributed by atoms with E-state index in [1.165, 1.54) is 6.92 Å². The maximum absolute atomic E-state index is 12.4. The Kier molecular flexibility index (Phi) is 5.32. The average molecular weight is 309 g/mol. The van der Waals surface area contributed by atoms with Gasteiger partial charge in [0.2, 0.25) is 0 Å². The zero-order chi connectivity index (χ0) is 16.4. The molecule has 1 fully saturated rings. The van der Waals surface area contributed by atoms with E-state index >= 15 is 0 Å². The quantitative estimate of drug-likeness (QED) is 0.548. The van der Waals surface area contributed by atoms with E-state index in [2.05, 4.69) is 0 Å². The largest absolute Gasteiger partial charge is 0.401 e. The van der Waals surface area contributed by atoms with Crippen LogP contribution in [-0.2, 0) is 9.59 Å². The highest BCUT2D eigenvalue weighted by molar-refractivity contribution is 6.44. The Morgan fingerprint density at radius 1 is 1.10 bits per heavy atom. The number of nitrogens with zero attached hydrogens (tertiary/aromatic N) is 3. The van der Waals surface area contributed by atoms with Crippen LogP contribution >= 0.6 is 0 Å². The highest BCUT2D eigenvalue weighted by Gasteiger charge is 2.45. The summed E-state index contributed by atoms with van der Waals surface area (Å²) in [6.45, 7) is 3.25. The third-order valence-corrected chi connectivity index (χ3v) is 2.87. The molecule has 0 aromatic rings. The van der Waals surface area contributed by atoms with Crippen LogP contribution in [0.15, 0.2) is 0 Å². The van der Waals surface area contributed by atoms with Gasteiger partial charge in [-0.1, -0.05) is 20.8 Å². The molecule has 0 N–H and O–H groups in total. The molecule has 1 heterocycles. The highest BCUT2D eigenvalue weighted by Crippen LogP contribution is 2.19. The minimum atomic E-state index is -4.44. The van der Waals surface area contributed by atoms with Crippen LogP contribution in [0.1, 0.15) is 20.8 Å². The predicted octanol–water partition coefficient (Wildman–Crippen LogP) is 1.27. The topological polar surface area (TPSA) is 60.9 Å². The first kappa shape index (κ1) is 17.4. The van der Waals surface area contributed by atoms with E-state index in [9.17, 15) is 27.6 Å². The third-order valence-electron chi connectivity index (χ3n) is 2.87. The monoisotopic (exact) mass is 309 g/mol. The fourth-order valence-corrected chi connectivity index (χ4v) is 1.92. The Morgan fingerprint density at radius 2 is 1.62 bits per heavy atom. The van der Waals surface area contributed by atoms with Crippen LogP contribution in [0.25, 0.3) is 0 Å². The molecule has 0 atom stereocenters. The second-order valence-electron chi connectivity index (χ2n) is 5.23. The molecule has 4 amide bonds. The number of amides is 4. The number of halogens is 3. The predicted molar refractivity (Wildman–Crippen MR) is 67.0 cm³/mol. The molecule has 0 spiro atoms. The van der Waals surface area contributed by atoms with Crippen molar-refractivity contribution in [2.45, 2.75) is 26.9 Å². The minimum Gasteiger partial charge on any atom is -0.277 e. The summed E-state index contributed by atoms with van der Waals surface area (Å²) in [5, 5.41) is 0. The standard InChI is InChI=1S/C12H18F3N3O3/c1-4-16(6-12(13,14)15)7-18-10(20)9(19)17(11(18)21)5-8(2)3/h8H,4-7H2,1-3H3. The lowest BCUT2D eigenvalue weighted by molar-refractivity contribution is -0.153. The average Bonchev–Trinajstić information content (AvgIpc) is 2.53. The SMILES string of the molecule is CCN(CN1C(=O)C(=O)N(CC(C)C)C1=O)CC(F)(F)F. The van der Waals surface area contributed by atoms with E-state index < -0.39 is 37.2 Å². The molecule has 1 rings (SSSR count). The van der Waals surface area contributed by atoms with Crippen molar-refractivity contribution < 1.29 is 27.6 Å². The van der Waals surface area contributed by atoms with Crippen molar-refractivity contribution in [3.63, 3.8) is 0 Å². The van der Waals surface area contributed by atoms with Crippen LogP contribution < -0.4 is 0 Å². The van der Waals surface area contributed by atoms with Gasteiger partial charge in [-0.25, -0.2) is 9.69 Å². The van der Waals surface area contributed by atoms with Gasteiger partial charge < -0.3 is 0 Å². The van der Waals surface area contributed by atoms with Gasteiger partial charge in [-0.15, -0.1) is 0 Å². The molecule has 9 heteroatoms. The summed E-state index contributed by atoms with van der Waals surface area (Å²) >= 11 is 0. The third kappa shape index (κ3) is 4.42. The Bertz CT molecular complexity index is 437. The van der Waals surface area contributed by atoms with Gasteiger partial charge in [0.15, 0.2) is 0 Å². The molecule has 1 saturated heterocycles. The first-order valence-corrected chi connectivity index (χ1v) is 6.53. The number of urea groups is 1. The fraction of sp³-hybridized carbons (Fsp3) is 0.750. The Balaban J connectivity index is 2.81. The Morgan fingerprint density at radius 3 is 2.05 bits per heavy atom. The number of carbonyl (C=O) groups excluding carboxylic acids is 3. The van der Waals surface area contributed by atoms with Crippen molar-refractivity contribution in [1.82, 2.24) is 14.7 Å². The molecule has 0 aromatic carbocycles. The van der Waals surface area contributed by atoms with Crippen molar-refractivity contribution in [1.29, 1.82) is 0 Å². The molecule has 0 unspecified atom stereocenters. The van der Waals surface area contributed by atoms with E-state index in [4.69, 9.17) is 0 Å². The van der Waals surface area contributed by atoms with Crippen LogP contribution in [0.4, 0.5) is 18.0 Å². The zero-order valence-corrected chi connectivity index (χ0v) is 12.1. The number of rotatable bonds is 6. The summed E-state index contributed by atoms with van der Waals surface area (Å²) in [7, 11) is 0. The van der Waals surface area contributed by atoms with Crippen LogP contribution in [0.5, 0.6) is 0 Å². The van der Waals surface area contributed by atoms with Crippen molar-refractivity contribution in [2.75, 3.05) is 26.3 Å². The van der Waals surface area contributed by atoms with Crippen molar-refractivity contribution in [3.8, 4) is 0 Å². The van der Waals surface area contributed by atoms with Crippen molar-refractivity contribution >= 4 is 17.8 Å². The lowest BCUT2D eigenvalue weighted by Crippen LogP contribution is -2.45. The molecule has 6 nitrogen and oxygen atoms in total. The van der Waals surface area contributed by atoms with E-state index in [-0.39, 0.29) is 19.0 Å². The van der Waals surface area contributed by atoms with E-state index in [1.807, 2.05) is 0 Å². The molecule has 1 aliphatic rings. The first-order chi connectivity index (χ1) is 9.56. The van der Waals surface area contributed by atoms with Crippen LogP contribution in [0, 0.1) is 5.92 Å². The summed E-state index contributed by atoms with van der Waals surface area (Å²) in [6, 6.07) is -0.862. The van der Waals surface area contributed by atoms with Gasteiger partial charge in [0.05, 0.1) is 13.2 Å². The summed E-state index contributed by atoms with van der Waals surface area (Å²) in [6.07, 6.45) is -4.44. The van der Waals surface area contributed by atoms with Crippen LogP contribution in [-0.4, -0.2) is 65.0 Å². The first-order valence-electron chi connectivity index (χ1n) is 6.53. The normalized spacial score (nSPS) is 16.9. The number of hydrogen-bond donors (Lipinski definition) is 0. The molecule has 21 heavy (non-hydrogen) atoms. The lowest BCUT2D eigenvalue weighted by Gasteiger charge is -2.25. The van der Waals surface area contributed by atoms with Gasteiger partial charge in [-0.3, -0.25) is 19.4 Å². The second kappa shape index (κ2) is 6.42. The number of hydrogen-bond acceptors (Lipinski definition) is 4. The summed E-state index contributed by atoms with van der Waals surface area (Å²) in [4.78, 5) is 37.6. The smallest absolute Gasteiger partial charge is 0.277 e. The van der Waals surface area contributed by atoms with Crippen molar-refractivity contribution in [2.24, 2.45) is 5.92 Å². The maximum atomic E-state index is 12.4. The molecule has 0 bridgehead atoms. The molecule has 0 saturated carbocycles. The van der Waals surface area contributed by atoms with Gasteiger partial charge in [-0.2, -0.15) is 13.2 Å². The summed E-state index contributed by atoms with van der Waals surface area (Å²) in [5.74, 6) is -2.11. The maximum Gasteiger partial charge on any atom is 0.401 e. The summed E-state index contributed by atoms with van der Waals surface area (Å²) < 4.78 is 37.1. The molecule has 0 aliphatic carbocycles. The summed E-state index contributed by atoms with van der Waals surface area (Å²) in [5.41, 5.74) is 0. The Hall–Kier alpha value is -1.64. The molecule has 120 valence electrons. The van der Waals surface area contributed by atoms with E-state index in [0.717, 1.165) is 9.80 Å². The lowest BCUT2D eigenvalue weighted by atomic mass is 10.2. The molecule has 0 radical (unpaired) electrons. The van der Waals surface area contributed by atoms with Crippen molar-refractivity contribution in [3.05, 3.63) is 0 Å². The fourth-order valence-electron chi connectivity index (χ4n) is 1.92. The number of imide groups is 2. The zero-order valence-electron chi connectivity index (χ0n) is 12.1. The Labute approximate surface area is 120 Å². The molecular weight excluding hydrogens is 291 g/mol. The number of alkyl halides is 3. The van der Waals surface area contributed by atoms with E-state index in [1.54, 1.807) is 13.8 Å². The molecule has 0 aromatic heterocycles. The number of carbonyl (C=O) groups is 3. The van der Waals surface area contributed by atoms with Gasteiger partial charge in [0.25, 0.3) is 0 Å². The minimum absolute atomic E-state index is 0.00502. The van der Waals surface area contributed by atoms with Gasteiger partial charge in [0, 0.05) is 6.54 Å². The van der Waals surface area contributed by atoms with Crippen LogP contribution in [0.3, 0.4) is 0 Å². The van der Waals surface area contributed by atoms with E-state index in [0.29, 0.717) is 4.90 Å².